The van der Waals surface area contributed by atoms with Crippen LogP contribution in [-0.4, -0.2) is 30.4 Å². The van der Waals surface area contributed by atoms with Gasteiger partial charge in [-0.15, -0.1) is 0 Å². The molecule has 2 N–H and O–H groups in total. The second kappa shape index (κ2) is 10.0. The zero-order valence-electron chi connectivity index (χ0n) is 17.7. The van der Waals surface area contributed by atoms with E-state index in [1.807, 2.05) is 18.2 Å². The highest BCUT2D eigenvalue weighted by Crippen LogP contribution is 2.24. The number of carbonyl (C=O) groups is 4. The largest absolute Gasteiger partial charge is 0.484 e. The number of halogens is 1. The minimum Gasteiger partial charge on any atom is -0.484 e. The summed E-state index contributed by atoms with van der Waals surface area (Å²) in [5, 5.41) is 5.33. The van der Waals surface area contributed by atoms with Gasteiger partial charge in [0, 0.05) is 10.7 Å². The number of imide groups is 2. The molecule has 0 atom stereocenters. The Morgan fingerprint density at radius 2 is 1.62 bits per heavy atom. The van der Waals surface area contributed by atoms with E-state index in [4.69, 9.17) is 16.3 Å². The Hall–Kier alpha value is -4.43. The quantitative estimate of drug-likeness (QED) is 0.414. The topological polar surface area (TPSA) is 105 Å². The normalized spacial score (nSPS) is 14.7. The molecule has 3 aromatic carbocycles. The van der Waals surface area contributed by atoms with Gasteiger partial charge in [-0.3, -0.25) is 19.7 Å². The van der Waals surface area contributed by atoms with Gasteiger partial charge in [0.25, 0.3) is 17.7 Å². The first-order valence-corrected chi connectivity index (χ1v) is 10.5. The number of barbiturate groups is 1. The van der Waals surface area contributed by atoms with Crippen molar-refractivity contribution in [3.63, 3.8) is 0 Å². The lowest BCUT2D eigenvalue weighted by Gasteiger charge is -2.26. The first-order valence-electron chi connectivity index (χ1n) is 10.2. The molecule has 9 heteroatoms. The van der Waals surface area contributed by atoms with Gasteiger partial charge in [0.1, 0.15) is 11.3 Å². The number of nitrogens with one attached hydrogen (secondary N) is 2. The maximum absolute atomic E-state index is 12.9. The van der Waals surface area contributed by atoms with Crippen molar-refractivity contribution in [3.05, 3.63) is 95.0 Å². The van der Waals surface area contributed by atoms with Gasteiger partial charge in [-0.1, -0.05) is 41.9 Å². The summed E-state index contributed by atoms with van der Waals surface area (Å²) in [7, 11) is 0. The summed E-state index contributed by atoms with van der Waals surface area (Å²) in [5.41, 5.74) is 1.28. The van der Waals surface area contributed by atoms with Crippen molar-refractivity contribution in [2.75, 3.05) is 16.8 Å². The number of rotatable bonds is 6. The lowest BCUT2D eigenvalue weighted by Crippen LogP contribution is -2.54. The monoisotopic (exact) mass is 475 g/mol. The van der Waals surface area contributed by atoms with E-state index in [0.29, 0.717) is 22.0 Å². The van der Waals surface area contributed by atoms with Gasteiger partial charge in [0.15, 0.2) is 6.61 Å². The molecule has 1 fully saturated rings. The van der Waals surface area contributed by atoms with Crippen LogP contribution in [0.1, 0.15) is 5.56 Å². The van der Waals surface area contributed by atoms with Crippen LogP contribution >= 0.6 is 11.6 Å². The molecule has 3 aromatic rings. The summed E-state index contributed by atoms with van der Waals surface area (Å²) in [4.78, 5) is 50.3. The molecule has 34 heavy (non-hydrogen) atoms. The van der Waals surface area contributed by atoms with Crippen molar-refractivity contribution < 1.29 is 23.9 Å². The molecule has 0 aliphatic carbocycles. The first-order chi connectivity index (χ1) is 16.4. The van der Waals surface area contributed by atoms with Crippen molar-refractivity contribution in [3.8, 4) is 5.75 Å². The molecular formula is C25H18ClN3O5. The molecule has 8 nitrogen and oxygen atoms in total. The summed E-state index contributed by atoms with van der Waals surface area (Å²) in [6.45, 7) is -0.186. The molecule has 0 spiro atoms. The molecule has 1 aliphatic heterocycles. The molecule has 1 aliphatic rings. The highest BCUT2D eigenvalue weighted by atomic mass is 35.5. The van der Waals surface area contributed by atoms with E-state index in [9.17, 15) is 19.2 Å². The number of amides is 5. The number of urea groups is 1. The third-order valence-electron chi connectivity index (χ3n) is 4.81. The van der Waals surface area contributed by atoms with E-state index in [0.717, 1.165) is 4.90 Å². The Morgan fingerprint density at radius 3 is 2.29 bits per heavy atom. The van der Waals surface area contributed by atoms with Crippen molar-refractivity contribution in [2.24, 2.45) is 0 Å². The minimum absolute atomic E-state index is 0.186. The molecule has 4 rings (SSSR count). The second-order valence-corrected chi connectivity index (χ2v) is 7.64. The van der Waals surface area contributed by atoms with Crippen molar-refractivity contribution >= 4 is 52.8 Å². The van der Waals surface area contributed by atoms with E-state index in [-0.39, 0.29) is 23.8 Å². The van der Waals surface area contributed by atoms with E-state index in [1.165, 1.54) is 30.3 Å². The van der Waals surface area contributed by atoms with Crippen LogP contribution in [0.5, 0.6) is 5.75 Å². The number of hydrogen-bond acceptors (Lipinski definition) is 5. The molecule has 1 heterocycles. The summed E-state index contributed by atoms with van der Waals surface area (Å²) >= 11 is 5.87. The van der Waals surface area contributed by atoms with Crippen LogP contribution in [-0.2, 0) is 14.4 Å². The number of hydrogen-bond donors (Lipinski definition) is 2. The van der Waals surface area contributed by atoms with Crippen LogP contribution in [0.2, 0.25) is 5.02 Å². The fourth-order valence-corrected chi connectivity index (χ4v) is 3.30. The molecule has 0 aromatic heterocycles. The molecule has 0 saturated carbocycles. The Balaban J connectivity index is 1.44. The third kappa shape index (κ3) is 5.31. The van der Waals surface area contributed by atoms with Gasteiger partial charge in [-0.2, -0.15) is 0 Å². The molecule has 170 valence electrons. The van der Waals surface area contributed by atoms with Gasteiger partial charge in [0.2, 0.25) is 0 Å². The average molecular weight is 476 g/mol. The minimum atomic E-state index is -0.841. The zero-order chi connectivity index (χ0) is 24.1. The van der Waals surface area contributed by atoms with Crippen LogP contribution in [0.15, 0.2) is 84.4 Å². The predicted octanol–water partition coefficient (Wildman–Crippen LogP) is 4.02. The highest BCUT2D eigenvalue weighted by Gasteiger charge is 2.36. The maximum Gasteiger partial charge on any atom is 0.335 e. The summed E-state index contributed by atoms with van der Waals surface area (Å²) in [5.74, 6) is -1.43. The van der Waals surface area contributed by atoms with Crippen molar-refractivity contribution in [1.29, 1.82) is 0 Å². The summed E-state index contributed by atoms with van der Waals surface area (Å²) in [6, 6.07) is 20.7. The van der Waals surface area contributed by atoms with E-state index < -0.39 is 17.8 Å². The lowest BCUT2D eigenvalue weighted by molar-refractivity contribution is -0.122. The average Bonchev–Trinajstić information content (AvgIpc) is 2.83. The van der Waals surface area contributed by atoms with Crippen LogP contribution in [0.3, 0.4) is 0 Å². The second-order valence-electron chi connectivity index (χ2n) is 7.21. The Bertz CT molecular complexity index is 1270. The number of para-hydroxylation sites is 1. The number of nitrogens with zero attached hydrogens (tertiary/aromatic N) is 1. The zero-order valence-corrected chi connectivity index (χ0v) is 18.4. The molecule has 1 saturated heterocycles. The maximum atomic E-state index is 12.9. The molecular weight excluding hydrogens is 458 g/mol. The third-order valence-corrected chi connectivity index (χ3v) is 5.06. The van der Waals surface area contributed by atoms with Crippen LogP contribution in [0, 0.1) is 0 Å². The van der Waals surface area contributed by atoms with Crippen LogP contribution < -0.4 is 20.3 Å². The highest BCUT2D eigenvalue weighted by molar-refractivity contribution is 6.39. The summed E-state index contributed by atoms with van der Waals surface area (Å²) in [6.07, 6.45) is 1.37. The van der Waals surface area contributed by atoms with Gasteiger partial charge in [0.05, 0.1) is 5.69 Å². The van der Waals surface area contributed by atoms with Gasteiger partial charge in [-0.05, 0) is 60.2 Å². The van der Waals surface area contributed by atoms with Gasteiger partial charge in [-0.25, -0.2) is 9.69 Å². The molecule has 0 bridgehead atoms. The Morgan fingerprint density at radius 1 is 0.941 bits per heavy atom. The Labute approximate surface area is 199 Å². The molecule has 5 amide bonds. The van der Waals surface area contributed by atoms with Crippen LogP contribution in [0.4, 0.5) is 16.2 Å². The fraction of sp³-hybridized carbons (Fsp3) is 0.0400. The first kappa shape index (κ1) is 22.8. The van der Waals surface area contributed by atoms with Crippen molar-refractivity contribution in [1.82, 2.24) is 5.32 Å². The van der Waals surface area contributed by atoms with E-state index in [2.05, 4.69) is 10.6 Å². The summed E-state index contributed by atoms with van der Waals surface area (Å²) < 4.78 is 5.48. The molecule has 0 radical (unpaired) electrons. The smallest absolute Gasteiger partial charge is 0.335 e. The fourth-order valence-electron chi connectivity index (χ4n) is 3.18. The number of carbonyl (C=O) groups excluding carboxylic acids is 4. The number of benzene rings is 3. The Kier molecular flexibility index (Phi) is 6.70. The van der Waals surface area contributed by atoms with Crippen molar-refractivity contribution in [2.45, 2.75) is 0 Å². The standard InChI is InChI=1S/C25H18ClN3O5/c26-17-8-10-19(11-9-17)29-24(32)21(23(31)28-25(29)33)14-16-6-12-20(13-7-16)34-15-22(30)27-18-4-2-1-3-5-18/h1-14H,15H2,(H,27,30)(H,28,31,33)/b21-14+. The lowest BCUT2D eigenvalue weighted by atomic mass is 10.1. The SMILES string of the molecule is O=C(COc1ccc(/C=C2\C(=O)NC(=O)N(c3ccc(Cl)cc3)C2=O)cc1)Nc1ccccc1. The number of ether oxygens (including phenoxy) is 1. The van der Waals surface area contributed by atoms with Gasteiger partial charge < -0.3 is 10.1 Å². The van der Waals surface area contributed by atoms with E-state index in [1.54, 1.807) is 36.4 Å². The van der Waals surface area contributed by atoms with Crippen LogP contribution in [0.25, 0.3) is 6.08 Å². The van der Waals surface area contributed by atoms with E-state index >= 15 is 0 Å². The molecule has 0 unspecified atom stereocenters. The predicted molar refractivity (Wildman–Crippen MR) is 127 cm³/mol. The number of anilines is 2. The van der Waals surface area contributed by atoms with Gasteiger partial charge >= 0.3 is 6.03 Å².